The van der Waals surface area contributed by atoms with Gasteiger partial charge in [0.1, 0.15) is 0 Å². The Bertz CT molecular complexity index is 48.1. The van der Waals surface area contributed by atoms with E-state index in [1.165, 1.54) is 30.1 Å². The second kappa shape index (κ2) is 2.90. The Morgan fingerprint density at radius 2 is 2.14 bits per heavy atom. The van der Waals surface area contributed by atoms with E-state index in [-0.39, 0.29) is 0 Å². The van der Waals surface area contributed by atoms with Crippen molar-refractivity contribution in [2.75, 3.05) is 4.43 Å². The Labute approximate surface area is 58.8 Å². The quantitative estimate of drug-likeness (QED) is 0.485. The first-order chi connectivity index (χ1) is 3.43. The molecule has 0 aromatic rings. The van der Waals surface area contributed by atoms with Crippen molar-refractivity contribution < 1.29 is 0 Å². The zero-order chi connectivity index (χ0) is 5.11. The van der Waals surface area contributed by atoms with Crippen LogP contribution in [0.25, 0.3) is 0 Å². The van der Waals surface area contributed by atoms with E-state index in [1.807, 2.05) is 0 Å². The molecule has 0 aromatic heterocycles. The molecule has 0 aromatic carbocycles. The molecule has 0 atom stereocenters. The summed E-state index contributed by atoms with van der Waals surface area (Å²) in [7, 11) is 0. The molecule has 1 heteroatoms. The molecule has 1 fully saturated rings. The minimum absolute atomic E-state index is 1.12. The van der Waals surface area contributed by atoms with Gasteiger partial charge in [-0.3, -0.25) is 0 Å². The molecule has 1 aliphatic carbocycles. The van der Waals surface area contributed by atoms with Gasteiger partial charge in [0, 0.05) is 0 Å². The highest BCUT2D eigenvalue weighted by molar-refractivity contribution is 14.1. The Morgan fingerprint density at radius 3 is 2.29 bits per heavy atom. The van der Waals surface area contributed by atoms with Crippen molar-refractivity contribution >= 4 is 22.6 Å². The largest absolute Gasteiger partial charge is 0.0864 e. The van der Waals surface area contributed by atoms with Crippen molar-refractivity contribution in [1.82, 2.24) is 0 Å². The van der Waals surface area contributed by atoms with Gasteiger partial charge >= 0.3 is 0 Å². The molecular weight excluding hydrogens is 199 g/mol. The molecule has 0 saturated heterocycles. The van der Waals surface area contributed by atoms with Crippen molar-refractivity contribution in [3.05, 3.63) is 0 Å². The average molecular weight is 210 g/mol. The topological polar surface area (TPSA) is 0 Å². The van der Waals surface area contributed by atoms with E-state index in [0.717, 1.165) is 5.92 Å². The van der Waals surface area contributed by atoms with E-state index < -0.39 is 0 Å². The summed E-state index contributed by atoms with van der Waals surface area (Å²) in [4.78, 5) is 0. The third kappa shape index (κ3) is 1.59. The zero-order valence-corrected chi connectivity index (χ0v) is 6.65. The van der Waals surface area contributed by atoms with Crippen LogP contribution in [0, 0.1) is 5.92 Å². The molecule has 7 heavy (non-hydrogen) atoms. The van der Waals surface area contributed by atoms with E-state index in [2.05, 4.69) is 22.6 Å². The minimum Gasteiger partial charge on any atom is -0.0864 e. The predicted molar refractivity (Wildman–Crippen MR) is 40.8 cm³/mol. The average Bonchev–Trinajstić information content (AvgIpc) is 1.55. The molecule has 0 N–H and O–H groups in total. The van der Waals surface area contributed by atoms with E-state index in [0.29, 0.717) is 0 Å². The fourth-order valence-corrected chi connectivity index (χ4v) is 1.82. The maximum absolute atomic E-state index is 2.46. The fraction of sp³-hybridized carbons (Fsp3) is 1.00. The molecule has 0 spiro atoms. The van der Waals surface area contributed by atoms with Gasteiger partial charge in [0.25, 0.3) is 0 Å². The van der Waals surface area contributed by atoms with Gasteiger partial charge in [0.2, 0.25) is 0 Å². The van der Waals surface area contributed by atoms with Crippen LogP contribution >= 0.6 is 22.6 Å². The number of hydrogen-bond acceptors (Lipinski definition) is 0. The number of alkyl halides is 1. The van der Waals surface area contributed by atoms with Crippen LogP contribution in [-0.2, 0) is 0 Å². The Kier molecular flexibility index (Phi) is 2.43. The highest BCUT2D eigenvalue weighted by Crippen LogP contribution is 2.29. The summed E-state index contributed by atoms with van der Waals surface area (Å²) in [5, 5.41) is 0. The first-order valence-electron chi connectivity index (χ1n) is 2.99. The highest BCUT2D eigenvalue weighted by atomic mass is 127. The van der Waals surface area contributed by atoms with Gasteiger partial charge in [-0.2, -0.15) is 0 Å². The van der Waals surface area contributed by atoms with Gasteiger partial charge < -0.3 is 0 Å². The molecule has 42 valence electrons. The molecule has 0 bridgehead atoms. The Hall–Kier alpha value is 0.730. The summed E-state index contributed by atoms with van der Waals surface area (Å²) in [5.74, 6) is 1.12. The minimum atomic E-state index is 1.12. The highest BCUT2D eigenvalue weighted by Gasteiger charge is 2.15. The van der Waals surface area contributed by atoms with Gasteiger partial charge in [-0.05, 0) is 16.8 Å². The predicted octanol–water partition coefficient (Wildman–Crippen LogP) is 2.61. The zero-order valence-electron chi connectivity index (χ0n) is 4.49. The molecule has 0 aliphatic heterocycles. The monoisotopic (exact) mass is 210 g/mol. The number of halogens is 1. The van der Waals surface area contributed by atoms with Crippen LogP contribution in [0.15, 0.2) is 0 Å². The Morgan fingerprint density at radius 1 is 1.43 bits per heavy atom. The number of rotatable bonds is 2. The SMILES string of the molecule is ICCC1CCC1. The normalized spacial score (nSPS) is 21.9. The third-order valence-electron chi connectivity index (χ3n) is 1.74. The second-order valence-corrected chi connectivity index (χ2v) is 3.35. The van der Waals surface area contributed by atoms with Crippen LogP contribution in [0.2, 0.25) is 0 Å². The maximum atomic E-state index is 2.46. The second-order valence-electron chi connectivity index (χ2n) is 2.27. The van der Waals surface area contributed by atoms with Crippen LogP contribution in [-0.4, -0.2) is 4.43 Å². The molecule has 0 nitrogen and oxygen atoms in total. The van der Waals surface area contributed by atoms with E-state index >= 15 is 0 Å². The van der Waals surface area contributed by atoms with Crippen LogP contribution in [0.3, 0.4) is 0 Å². The molecule has 0 unspecified atom stereocenters. The standard InChI is InChI=1S/C6H11I/c7-5-4-6-2-1-3-6/h6H,1-5H2. The summed E-state index contributed by atoms with van der Waals surface area (Å²) < 4.78 is 1.36. The lowest BCUT2D eigenvalue weighted by atomic mass is 9.84. The Balaban J connectivity index is 1.93. The van der Waals surface area contributed by atoms with Crippen molar-refractivity contribution in [1.29, 1.82) is 0 Å². The molecule has 0 radical (unpaired) electrons. The van der Waals surface area contributed by atoms with Crippen molar-refractivity contribution in [3.63, 3.8) is 0 Å². The number of hydrogen-bond donors (Lipinski definition) is 0. The van der Waals surface area contributed by atoms with Gasteiger partial charge in [0.05, 0.1) is 0 Å². The van der Waals surface area contributed by atoms with E-state index in [4.69, 9.17) is 0 Å². The molecule has 1 aliphatic rings. The van der Waals surface area contributed by atoms with Gasteiger partial charge in [0.15, 0.2) is 0 Å². The summed E-state index contributed by atoms with van der Waals surface area (Å²) in [6, 6.07) is 0. The van der Waals surface area contributed by atoms with Gasteiger partial charge in [-0.15, -0.1) is 0 Å². The molecule has 1 rings (SSSR count). The lowest BCUT2D eigenvalue weighted by Crippen LogP contribution is -2.10. The van der Waals surface area contributed by atoms with Crippen LogP contribution in [0.4, 0.5) is 0 Å². The smallest absolute Gasteiger partial charge is 0.000209 e. The summed E-state index contributed by atoms with van der Waals surface area (Å²) in [6.45, 7) is 0. The summed E-state index contributed by atoms with van der Waals surface area (Å²) in [5.41, 5.74) is 0. The first kappa shape index (κ1) is 5.86. The molecule has 0 heterocycles. The van der Waals surface area contributed by atoms with Crippen molar-refractivity contribution in [3.8, 4) is 0 Å². The van der Waals surface area contributed by atoms with E-state index in [1.54, 1.807) is 0 Å². The lowest BCUT2D eigenvalue weighted by Gasteiger charge is -2.23. The van der Waals surface area contributed by atoms with Crippen LogP contribution < -0.4 is 0 Å². The summed E-state index contributed by atoms with van der Waals surface area (Å²) >= 11 is 2.46. The molecular formula is C6H11I. The van der Waals surface area contributed by atoms with Crippen LogP contribution in [0.1, 0.15) is 25.7 Å². The van der Waals surface area contributed by atoms with Gasteiger partial charge in [-0.1, -0.05) is 41.9 Å². The third-order valence-corrected chi connectivity index (χ3v) is 2.36. The van der Waals surface area contributed by atoms with E-state index in [9.17, 15) is 0 Å². The lowest BCUT2D eigenvalue weighted by molar-refractivity contribution is 0.310. The van der Waals surface area contributed by atoms with Crippen molar-refractivity contribution in [2.45, 2.75) is 25.7 Å². The first-order valence-corrected chi connectivity index (χ1v) is 4.52. The van der Waals surface area contributed by atoms with Crippen molar-refractivity contribution in [2.24, 2.45) is 5.92 Å². The van der Waals surface area contributed by atoms with Gasteiger partial charge in [-0.25, -0.2) is 0 Å². The summed E-state index contributed by atoms with van der Waals surface area (Å²) in [6.07, 6.45) is 6.01. The van der Waals surface area contributed by atoms with Crippen LogP contribution in [0.5, 0.6) is 0 Å². The molecule has 0 amide bonds. The fourth-order valence-electron chi connectivity index (χ4n) is 0.936. The molecule has 1 saturated carbocycles. The maximum Gasteiger partial charge on any atom is -0.000209 e.